The summed E-state index contributed by atoms with van der Waals surface area (Å²) < 4.78 is 2.20. The van der Waals surface area contributed by atoms with E-state index in [2.05, 4.69) is 59.2 Å². The molecule has 0 saturated heterocycles. The lowest BCUT2D eigenvalue weighted by Gasteiger charge is -2.12. The van der Waals surface area contributed by atoms with E-state index in [0.29, 0.717) is 0 Å². The molecular weight excluding hydrogens is 367 g/mol. The van der Waals surface area contributed by atoms with Crippen LogP contribution in [0.2, 0.25) is 0 Å². The maximum absolute atomic E-state index is 9.92. The second-order valence-electron chi connectivity index (χ2n) is 7.35. The van der Waals surface area contributed by atoms with E-state index in [0.717, 1.165) is 50.8 Å². The Hall–Kier alpha value is -3.63. The van der Waals surface area contributed by atoms with Crippen molar-refractivity contribution in [2.24, 2.45) is 0 Å². The highest BCUT2D eigenvalue weighted by molar-refractivity contribution is 6.45. The fraction of sp³-hybridized carbons (Fsp3) is 0.0385. The SMILES string of the molecule is OBc1cc(-c2ccccc2)cc(-c2nc3c(n2-c2ccccc2)=CC=CCC=3)c1. The fourth-order valence-electron chi connectivity index (χ4n) is 3.92. The lowest BCUT2D eigenvalue weighted by molar-refractivity contribution is 0.615. The number of hydrogen-bond acceptors (Lipinski definition) is 2. The second-order valence-corrected chi connectivity index (χ2v) is 7.35. The molecule has 1 aliphatic carbocycles. The van der Waals surface area contributed by atoms with E-state index in [-0.39, 0.29) is 7.48 Å². The van der Waals surface area contributed by atoms with E-state index in [9.17, 15) is 5.02 Å². The Morgan fingerprint density at radius 1 is 0.833 bits per heavy atom. The number of rotatable bonds is 4. The average molecular weight is 388 g/mol. The highest BCUT2D eigenvalue weighted by Gasteiger charge is 2.15. The lowest BCUT2D eigenvalue weighted by Crippen LogP contribution is -2.28. The van der Waals surface area contributed by atoms with Gasteiger partial charge in [-0.25, -0.2) is 4.98 Å². The summed E-state index contributed by atoms with van der Waals surface area (Å²) in [6.45, 7) is 0. The van der Waals surface area contributed by atoms with E-state index in [4.69, 9.17) is 4.98 Å². The summed E-state index contributed by atoms with van der Waals surface area (Å²) in [4.78, 5) is 5.02. The number of fused-ring (bicyclic) bond motifs is 1. The van der Waals surface area contributed by atoms with Gasteiger partial charge in [0.25, 0.3) is 0 Å². The molecule has 1 aliphatic rings. The van der Waals surface area contributed by atoms with Gasteiger partial charge in [-0.15, -0.1) is 0 Å². The Kier molecular flexibility index (Phi) is 4.92. The molecular formula is C26H21BN2O. The zero-order valence-electron chi connectivity index (χ0n) is 16.6. The maximum Gasteiger partial charge on any atom is 0.304 e. The van der Waals surface area contributed by atoms with Crippen LogP contribution in [0.25, 0.3) is 40.4 Å². The van der Waals surface area contributed by atoms with Crippen molar-refractivity contribution in [3.05, 3.63) is 102 Å². The van der Waals surface area contributed by atoms with Crippen molar-refractivity contribution in [3.63, 3.8) is 0 Å². The van der Waals surface area contributed by atoms with Crippen molar-refractivity contribution in [1.82, 2.24) is 9.55 Å². The van der Waals surface area contributed by atoms with E-state index in [1.807, 2.05) is 48.5 Å². The molecule has 5 rings (SSSR count). The van der Waals surface area contributed by atoms with Gasteiger partial charge in [0.05, 0.1) is 10.7 Å². The largest absolute Gasteiger partial charge is 0.449 e. The van der Waals surface area contributed by atoms with Crippen LogP contribution in [-0.4, -0.2) is 22.1 Å². The Labute approximate surface area is 176 Å². The predicted molar refractivity (Wildman–Crippen MR) is 125 cm³/mol. The Balaban J connectivity index is 1.80. The average Bonchev–Trinajstić information content (AvgIpc) is 3.02. The quantitative estimate of drug-likeness (QED) is 0.546. The highest BCUT2D eigenvalue weighted by atomic mass is 16.2. The topological polar surface area (TPSA) is 38.1 Å². The monoisotopic (exact) mass is 388 g/mol. The van der Waals surface area contributed by atoms with Crippen LogP contribution in [0.1, 0.15) is 6.42 Å². The molecule has 0 fully saturated rings. The van der Waals surface area contributed by atoms with Crippen LogP contribution in [0.3, 0.4) is 0 Å². The molecule has 4 heteroatoms. The van der Waals surface area contributed by atoms with Crippen molar-refractivity contribution < 1.29 is 5.02 Å². The number of hydrogen-bond donors (Lipinski definition) is 1. The third-order valence-electron chi connectivity index (χ3n) is 5.33. The minimum Gasteiger partial charge on any atom is -0.449 e. The molecule has 30 heavy (non-hydrogen) atoms. The molecule has 3 aromatic carbocycles. The van der Waals surface area contributed by atoms with Gasteiger partial charge in [0.1, 0.15) is 5.82 Å². The summed E-state index contributed by atoms with van der Waals surface area (Å²) >= 11 is 0. The first-order valence-electron chi connectivity index (χ1n) is 10.2. The van der Waals surface area contributed by atoms with Crippen LogP contribution in [0.4, 0.5) is 0 Å². The Morgan fingerprint density at radius 2 is 1.57 bits per heavy atom. The maximum atomic E-state index is 9.92. The van der Waals surface area contributed by atoms with Gasteiger partial charge in [-0.1, -0.05) is 84.4 Å². The van der Waals surface area contributed by atoms with Crippen molar-refractivity contribution in [1.29, 1.82) is 0 Å². The molecule has 0 atom stereocenters. The predicted octanol–water partition coefficient (Wildman–Crippen LogP) is 2.70. The van der Waals surface area contributed by atoms with Gasteiger partial charge in [0.15, 0.2) is 0 Å². The molecule has 0 amide bonds. The summed E-state index contributed by atoms with van der Waals surface area (Å²) in [5.74, 6) is 0.876. The fourth-order valence-corrected chi connectivity index (χ4v) is 3.92. The van der Waals surface area contributed by atoms with Crippen LogP contribution in [0.15, 0.2) is 91.0 Å². The van der Waals surface area contributed by atoms with Crippen LogP contribution < -0.4 is 16.2 Å². The standard InChI is InChI=1S/C26H21BN2O/c30-27-22-17-20(19-10-4-1-5-11-19)16-21(18-22)26-28-24-14-8-3-9-15-25(24)29(26)23-12-6-2-7-13-23/h1-7,9-18,27,30H,8H2. The molecule has 0 unspecified atom stereocenters. The molecule has 0 bridgehead atoms. The Morgan fingerprint density at radius 3 is 2.33 bits per heavy atom. The molecule has 0 radical (unpaired) electrons. The van der Waals surface area contributed by atoms with Gasteiger partial charge >= 0.3 is 7.48 Å². The molecule has 1 heterocycles. The minimum absolute atomic E-state index is 0.0135. The number of imidazole rings is 1. The van der Waals surface area contributed by atoms with Gasteiger partial charge in [-0.3, -0.25) is 4.57 Å². The van der Waals surface area contributed by atoms with E-state index in [1.165, 1.54) is 0 Å². The Bertz CT molecular complexity index is 1340. The first-order valence-corrected chi connectivity index (χ1v) is 10.2. The first kappa shape index (κ1) is 18.4. The number of benzene rings is 3. The highest BCUT2D eigenvalue weighted by Crippen LogP contribution is 2.25. The summed E-state index contributed by atoms with van der Waals surface area (Å²) in [5.41, 5.74) is 5.12. The number of allylic oxidation sites excluding steroid dienone is 2. The second kappa shape index (κ2) is 8.01. The van der Waals surface area contributed by atoms with Gasteiger partial charge in [-0.05, 0) is 41.8 Å². The molecule has 0 aliphatic heterocycles. The third-order valence-corrected chi connectivity index (χ3v) is 5.33. The molecule has 1 aromatic heterocycles. The van der Waals surface area contributed by atoms with E-state index in [1.54, 1.807) is 0 Å². The third kappa shape index (κ3) is 3.42. The zero-order chi connectivity index (χ0) is 20.3. The van der Waals surface area contributed by atoms with Crippen LogP contribution in [-0.2, 0) is 0 Å². The molecule has 144 valence electrons. The summed E-state index contributed by atoms with van der Waals surface area (Å²) in [6, 6.07) is 26.8. The number of nitrogens with zero attached hydrogens (tertiary/aromatic N) is 2. The minimum atomic E-state index is -0.0135. The van der Waals surface area contributed by atoms with Crippen molar-refractivity contribution in [3.8, 4) is 28.2 Å². The summed E-state index contributed by atoms with van der Waals surface area (Å²) in [6.07, 6.45) is 9.37. The lowest BCUT2D eigenvalue weighted by atomic mass is 9.84. The van der Waals surface area contributed by atoms with E-state index < -0.39 is 0 Å². The van der Waals surface area contributed by atoms with Crippen molar-refractivity contribution in [2.45, 2.75) is 6.42 Å². The van der Waals surface area contributed by atoms with Gasteiger partial charge in [-0.2, -0.15) is 0 Å². The summed E-state index contributed by atoms with van der Waals surface area (Å²) in [7, 11) is -0.0135. The van der Waals surface area contributed by atoms with Gasteiger partial charge < -0.3 is 5.02 Å². The van der Waals surface area contributed by atoms with Crippen LogP contribution in [0, 0.1) is 0 Å². The molecule has 1 N–H and O–H groups in total. The number of para-hydroxylation sites is 1. The summed E-state index contributed by atoms with van der Waals surface area (Å²) in [5, 5.41) is 12.0. The van der Waals surface area contributed by atoms with Crippen LogP contribution >= 0.6 is 0 Å². The van der Waals surface area contributed by atoms with E-state index >= 15 is 0 Å². The first-order chi connectivity index (χ1) is 14.8. The van der Waals surface area contributed by atoms with Crippen molar-refractivity contribution >= 4 is 25.1 Å². The molecule has 0 saturated carbocycles. The van der Waals surface area contributed by atoms with Gasteiger partial charge in [0.2, 0.25) is 0 Å². The molecule has 3 nitrogen and oxygen atoms in total. The van der Waals surface area contributed by atoms with Crippen LogP contribution in [0.5, 0.6) is 0 Å². The van der Waals surface area contributed by atoms with Gasteiger partial charge in [0, 0.05) is 11.3 Å². The van der Waals surface area contributed by atoms with Crippen molar-refractivity contribution in [2.75, 3.05) is 0 Å². The normalized spacial score (nSPS) is 12.4. The molecule has 4 aromatic rings. The number of aromatic nitrogens is 2. The smallest absolute Gasteiger partial charge is 0.304 e. The molecule has 0 spiro atoms. The zero-order valence-corrected chi connectivity index (χ0v) is 16.6.